The monoisotopic (exact) mass is 390 g/mol. The van der Waals surface area contributed by atoms with E-state index in [9.17, 15) is 0 Å². The molecule has 7 heteroatoms. The van der Waals surface area contributed by atoms with Crippen molar-refractivity contribution in [3.63, 3.8) is 0 Å². The maximum atomic E-state index is 6.15. The van der Waals surface area contributed by atoms with Crippen LogP contribution in [0.15, 0.2) is 66.0 Å². The molecule has 4 aromatic rings. The number of rotatable bonds is 6. The first-order valence-corrected chi connectivity index (χ1v) is 9.35. The molecule has 0 atom stereocenters. The van der Waals surface area contributed by atoms with E-state index in [1.807, 2.05) is 60.2 Å². The Bertz CT molecular complexity index is 1120. The van der Waals surface area contributed by atoms with E-state index in [2.05, 4.69) is 31.5 Å². The minimum atomic E-state index is 0.179. The molecule has 0 bridgehead atoms. The van der Waals surface area contributed by atoms with Gasteiger partial charge in [-0.05, 0) is 42.3 Å². The van der Waals surface area contributed by atoms with Gasteiger partial charge in [0.15, 0.2) is 5.82 Å². The number of pyridine rings is 1. The van der Waals surface area contributed by atoms with Crippen molar-refractivity contribution in [2.24, 2.45) is 5.10 Å². The number of hydrogen-bond acceptors (Lipinski definition) is 5. The van der Waals surface area contributed by atoms with Gasteiger partial charge >= 0.3 is 0 Å². The number of hydrogen-bond donors (Lipinski definition) is 1. The van der Waals surface area contributed by atoms with Gasteiger partial charge in [-0.25, -0.2) is 0 Å². The predicted octanol–water partition coefficient (Wildman–Crippen LogP) is 4.48. The molecule has 1 aromatic carbocycles. The standard InChI is InChI=1S/C21H19ClN6/c1-15-5-4-6-16(13-15)14-24-27-19-18-9-12-28(20(18)26-21(22)25-19)11-8-17-7-2-3-10-23-17/h2-7,9-10,12-14H,8,11H2,1H3,(H,25,26,27)/b24-14+. The van der Waals surface area contributed by atoms with Gasteiger partial charge in [-0.2, -0.15) is 15.1 Å². The lowest BCUT2D eigenvalue weighted by Gasteiger charge is -2.06. The van der Waals surface area contributed by atoms with Crippen LogP contribution in [0.25, 0.3) is 11.0 Å². The molecule has 0 spiro atoms. The summed E-state index contributed by atoms with van der Waals surface area (Å²) in [5.74, 6) is 0.579. The van der Waals surface area contributed by atoms with Gasteiger partial charge < -0.3 is 4.57 Å². The van der Waals surface area contributed by atoms with Crippen molar-refractivity contribution in [3.05, 3.63) is 83.0 Å². The van der Waals surface area contributed by atoms with Gasteiger partial charge in [0.05, 0.1) is 11.6 Å². The van der Waals surface area contributed by atoms with Crippen molar-refractivity contribution in [2.75, 3.05) is 5.43 Å². The zero-order chi connectivity index (χ0) is 19.3. The molecule has 1 N–H and O–H groups in total. The average Bonchev–Trinajstić information content (AvgIpc) is 3.10. The van der Waals surface area contributed by atoms with Gasteiger partial charge in [-0.3, -0.25) is 10.4 Å². The van der Waals surface area contributed by atoms with Crippen LogP contribution in [0.2, 0.25) is 5.28 Å². The van der Waals surface area contributed by atoms with Gasteiger partial charge in [0.2, 0.25) is 5.28 Å². The fraction of sp³-hybridized carbons (Fsp3) is 0.143. The van der Waals surface area contributed by atoms with Crippen LogP contribution in [0.5, 0.6) is 0 Å². The first kappa shape index (κ1) is 18.1. The highest BCUT2D eigenvalue weighted by molar-refractivity contribution is 6.28. The predicted molar refractivity (Wildman–Crippen MR) is 113 cm³/mol. The van der Waals surface area contributed by atoms with E-state index in [0.29, 0.717) is 5.82 Å². The van der Waals surface area contributed by atoms with Gasteiger partial charge in [-0.1, -0.05) is 35.9 Å². The number of nitrogens with zero attached hydrogens (tertiary/aromatic N) is 5. The van der Waals surface area contributed by atoms with E-state index < -0.39 is 0 Å². The summed E-state index contributed by atoms with van der Waals surface area (Å²) in [4.78, 5) is 13.0. The lowest BCUT2D eigenvalue weighted by atomic mass is 10.2. The number of aryl methyl sites for hydroxylation is 3. The molecule has 3 heterocycles. The fourth-order valence-electron chi connectivity index (χ4n) is 3.00. The van der Waals surface area contributed by atoms with Gasteiger partial charge in [0, 0.05) is 31.1 Å². The minimum absolute atomic E-state index is 0.179. The Kier molecular flexibility index (Phi) is 5.30. The lowest BCUT2D eigenvalue weighted by molar-refractivity contribution is 0.703. The van der Waals surface area contributed by atoms with Crippen molar-refractivity contribution >= 4 is 34.7 Å². The molecule has 0 radical (unpaired) electrons. The third-order valence-corrected chi connectivity index (χ3v) is 4.52. The van der Waals surface area contributed by atoms with Crippen LogP contribution >= 0.6 is 11.6 Å². The second-order valence-electron chi connectivity index (χ2n) is 6.44. The molecule has 140 valence electrons. The van der Waals surface area contributed by atoms with E-state index in [4.69, 9.17) is 11.6 Å². The van der Waals surface area contributed by atoms with Crippen molar-refractivity contribution in [1.82, 2.24) is 19.5 Å². The highest BCUT2D eigenvalue weighted by atomic mass is 35.5. The Balaban J connectivity index is 1.55. The van der Waals surface area contributed by atoms with Crippen LogP contribution in [0.1, 0.15) is 16.8 Å². The minimum Gasteiger partial charge on any atom is -0.332 e. The molecular weight excluding hydrogens is 372 g/mol. The zero-order valence-electron chi connectivity index (χ0n) is 15.4. The highest BCUT2D eigenvalue weighted by Gasteiger charge is 2.11. The first-order chi connectivity index (χ1) is 13.7. The topological polar surface area (TPSA) is 68.0 Å². The molecule has 6 nitrogen and oxygen atoms in total. The number of fused-ring (bicyclic) bond motifs is 1. The Morgan fingerprint density at radius 3 is 2.89 bits per heavy atom. The number of anilines is 1. The van der Waals surface area contributed by atoms with Gasteiger partial charge in [-0.15, -0.1) is 0 Å². The largest absolute Gasteiger partial charge is 0.332 e. The second-order valence-corrected chi connectivity index (χ2v) is 6.78. The number of aromatic nitrogens is 4. The Morgan fingerprint density at radius 1 is 1.14 bits per heavy atom. The Morgan fingerprint density at radius 2 is 2.07 bits per heavy atom. The summed E-state index contributed by atoms with van der Waals surface area (Å²) in [6.07, 6.45) is 6.35. The summed E-state index contributed by atoms with van der Waals surface area (Å²) in [5.41, 5.74) is 6.99. The maximum absolute atomic E-state index is 6.15. The van der Waals surface area contributed by atoms with Crippen LogP contribution < -0.4 is 5.43 Å². The van der Waals surface area contributed by atoms with Crippen molar-refractivity contribution in [3.8, 4) is 0 Å². The first-order valence-electron chi connectivity index (χ1n) is 8.97. The van der Waals surface area contributed by atoms with Crippen LogP contribution in [0.4, 0.5) is 5.82 Å². The lowest BCUT2D eigenvalue weighted by Crippen LogP contribution is -2.03. The number of halogens is 1. The summed E-state index contributed by atoms with van der Waals surface area (Å²) >= 11 is 6.15. The third kappa shape index (κ3) is 4.18. The SMILES string of the molecule is Cc1cccc(/C=N/Nc2nc(Cl)nc3c2ccn3CCc2ccccn2)c1. The maximum Gasteiger partial charge on any atom is 0.226 e. The summed E-state index contributed by atoms with van der Waals surface area (Å²) in [5, 5.41) is 5.35. The smallest absolute Gasteiger partial charge is 0.226 e. The van der Waals surface area contributed by atoms with Crippen molar-refractivity contribution in [1.29, 1.82) is 0 Å². The number of nitrogens with one attached hydrogen (secondary N) is 1. The van der Waals surface area contributed by atoms with Crippen molar-refractivity contribution in [2.45, 2.75) is 19.9 Å². The Labute approximate surface area is 167 Å². The van der Waals surface area contributed by atoms with E-state index in [0.717, 1.165) is 35.3 Å². The summed E-state index contributed by atoms with van der Waals surface area (Å²) in [6, 6.07) is 16.0. The molecule has 28 heavy (non-hydrogen) atoms. The molecule has 0 fully saturated rings. The number of hydrazone groups is 1. The number of benzene rings is 1. The third-order valence-electron chi connectivity index (χ3n) is 4.35. The van der Waals surface area contributed by atoms with Crippen LogP contribution in [-0.4, -0.2) is 25.7 Å². The molecule has 3 aromatic heterocycles. The molecular formula is C21H19ClN6. The normalized spacial score (nSPS) is 11.4. The summed E-state index contributed by atoms with van der Waals surface area (Å²) in [6.45, 7) is 2.80. The Hall–Kier alpha value is -3.25. The van der Waals surface area contributed by atoms with E-state index in [1.165, 1.54) is 5.56 Å². The fourth-order valence-corrected chi connectivity index (χ4v) is 3.17. The molecule has 0 aliphatic rings. The van der Waals surface area contributed by atoms with Gasteiger partial charge in [0.25, 0.3) is 0 Å². The molecule has 0 saturated carbocycles. The second kappa shape index (κ2) is 8.19. The van der Waals surface area contributed by atoms with Crippen LogP contribution in [0, 0.1) is 6.92 Å². The van der Waals surface area contributed by atoms with E-state index in [-0.39, 0.29) is 5.28 Å². The van der Waals surface area contributed by atoms with E-state index in [1.54, 1.807) is 12.4 Å². The van der Waals surface area contributed by atoms with Crippen LogP contribution in [-0.2, 0) is 13.0 Å². The zero-order valence-corrected chi connectivity index (χ0v) is 16.1. The molecule has 0 aliphatic heterocycles. The summed E-state index contributed by atoms with van der Waals surface area (Å²) in [7, 11) is 0. The molecule has 0 unspecified atom stereocenters. The van der Waals surface area contributed by atoms with E-state index >= 15 is 0 Å². The van der Waals surface area contributed by atoms with Crippen molar-refractivity contribution < 1.29 is 0 Å². The quantitative estimate of drug-likeness (QED) is 0.299. The molecule has 4 rings (SSSR count). The molecule has 0 saturated heterocycles. The molecule has 0 aliphatic carbocycles. The highest BCUT2D eigenvalue weighted by Crippen LogP contribution is 2.23. The average molecular weight is 391 g/mol. The van der Waals surface area contributed by atoms with Gasteiger partial charge in [0.1, 0.15) is 5.65 Å². The summed E-state index contributed by atoms with van der Waals surface area (Å²) < 4.78 is 2.05. The molecule has 0 amide bonds. The van der Waals surface area contributed by atoms with Crippen LogP contribution in [0.3, 0.4) is 0 Å².